The van der Waals surface area contributed by atoms with Crippen molar-refractivity contribution in [3.63, 3.8) is 0 Å². The van der Waals surface area contributed by atoms with Crippen molar-refractivity contribution in [2.24, 2.45) is 0 Å². The Hall–Kier alpha value is -5.04. The van der Waals surface area contributed by atoms with Gasteiger partial charge in [-0.1, -0.05) is 87.2 Å². The van der Waals surface area contributed by atoms with Crippen molar-refractivity contribution < 1.29 is 14.1 Å². The fourth-order valence-electron chi connectivity index (χ4n) is 5.07. The van der Waals surface area contributed by atoms with E-state index < -0.39 is 0 Å². The van der Waals surface area contributed by atoms with E-state index in [-0.39, 0.29) is 23.1 Å². The Morgan fingerprint density at radius 2 is 1.59 bits per heavy atom. The molecule has 0 fully saturated rings. The number of carbonyl (C=O) groups excluding carboxylic acids is 2. The molecule has 1 aliphatic rings. The molecule has 4 aromatic carbocycles. The van der Waals surface area contributed by atoms with Crippen LogP contribution in [0.3, 0.4) is 0 Å². The van der Waals surface area contributed by atoms with Gasteiger partial charge in [0.1, 0.15) is 6.42 Å². The molecule has 0 atom stereocenters. The van der Waals surface area contributed by atoms with E-state index in [1.807, 2.05) is 66.7 Å². The molecule has 2 N–H and O–H groups in total. The summed E-state index contributed by atoms with van der Waals surface area (Å²) in [5.41, 5.74) is 3.96. The van der Waals surface area contributed by atoms with Gasteiger partial charge < -0.3 is 14.7 Å². The number of amides is 2. The average molecular weight is 604 g/mol. The van der Waals surface area contributed by atoms with Crippen LogP contribution in [0, 0.1) is 16.7 Å². The predicted octanol–water partition coefficient (Wildman–Crippen LogP) is 7.31. The molecule has 2 amide bonds. The minimum Gasteiger partial charge on any atom is -0.348 e. The van der Waals surface area contributed by atoms with E-state index in [9.17, 15) is 9.59 Å². The predicted molar refractivity (Wildman–Crippen MR) is 177 cm³/mol. The highest BCUT2D eigenvalue weighted by Crippen LogP contribution is 2.42. The molecular formula is C35H33N5O3S. The zero-order valence-corrected chi connectivity index (χ0v) is 25.7. The molecule has 0 radical (unpaired) electrons. The molecule has 0 bridgehead atoms. The van der Waals surface area contributed by atoms with Crippen molar-refractivity contribution in [3.05, 3.63) is 101 Å². The quantitative estimate of drug-likeness (QED) is 0.124. The largest absolute Gasteiger partial charge is 0.348 e. The Balaban J connectivity index is 0.000000493. The Morgan fingerprint density at radius 3 is 2.25 bits per heavy atom. The molecule has 0 saturated heterocycles. The number of hydrogen-bond donors (Lipinski definition) is 2. The first-order valence-corrected chi connectivity index (χ1v) is 15.0. The van der Waals surface area contributed by atoms with Crippen molar-refractivity contribution in [2.75, 3.05) is 29.9 Å². The molecule has 1 aromatic heterocycles. The Morgan fingerprint density at radius 1 is 0.886 bits per heavy atom. The molecule has 2 heterocycles. The summed E-state index contributed by atoms with van der Waals surface area (Å²) >= 11 is 4.98. The van der Waals surface area contributed by atoms with Crippen LogP contribution in [0.1, 0.15) is 38.3 Å². The smallest absolute Gasteiger partial charge is 0.314 e. The maximum Gasteiger partial charge on any atom is 0.314 e. The van der Waals surface area contributed by atoms with Crippen LogP contribution in [0.2, 0.25) is 0 Å². The average Bonchev–Trinajstić information content (AvgIpc) is 3.44. The number of hydrogen-bond acceptors (Lipinski definition) is 6. The van der Waals surface area contributed by atoms with Crippen LogP contribution in [-0.4, -0.2) is 46.5 Å². The zero-order valence-electron chi connectivity index (χ0n) is 24.9. The SMILES string of the molecule is CCN(CC)CC.O=C1CC(=O)N(c2cccc(-c3nc(=S)o[nH]3)c2)c2cc(C#Cc3ccccc3)c3ccccc3c2N1. The van der Waals surface area contributed by atoms with Gasteiger partial charge in [0.25, 0.3) is 0 Å². The van der Waals surface area contributed by atoms with Crippen molar-refractivity contribution in [1.82, 2.24) is 15.0 Å². The van der Waals surface area contributed by atoms with Crippen LogP contribution < -0.4 is 10.2 Å². The van der Waals surface area contributed by atoms with Gasteiger partial charge in [-0.3, -0.25) is 14.5 Å². The lowest BCUT2D eigenvalue weighted by atomic mass is 10.00. The van der Waals surface area contributed by atoms with Gasteiger partial charge in [0.05, 0.1) is 11.4 Å². The van der Waals surface area contributed by atoms with Gasteiger partial charge >= 0.3 is 4.84 Å². The molecule has 44 heavy (non-hydrogen) atoms. The molecule has 6 rings (SSSR count). The van der Waals surface area contributed by atoms with Crippen molar-refractivity contribution in [1.29, 1.82) is 0 Å². The molecule has 8 nitrogen and oxygen atoms in total. The summed E-state index contributed by atoms with van der Waals surface area (Å²) in [6.45, 7) is 10.1. The maximum atomic E-state index is 13.4. The first-order chi connectivity index (χ1) is 21.4. The van der Waals surface area contributed by atoms with Gasteiger partial charge in [-0.15, -0.1) is 0 Å². The fraction of sp³-hybridized carbons (Fsp3) is 0.200. The van der Waals surface area contributed by atoms with Gasteiger partial charge in [0.15, 0.2) is 5.82 Å². The van der Waals surface area contributed by atoms with E-state index in [0.717, 1.165) is 21.9 Å². The third-order valence-electron chi connectivity index (χ3n) is 7.36. The fourth-order valence-corrected chi connectivity index (χ4v) is 5.20. The summed E-state index contributed by atoms with van der Waals surface area (Å²) in [4.78, 5) is 34.4. The van der Waals surface area contributed by atoms with Crippen LogP contribution >= 0.6 is 12.2 Å². The van der Waals surface area contributed by atoms with E-state index in [1.54, 1.807) is 23.1 Å². The van der Waals surface area contributed by atoms with Crippen LogP contribution in [-0.2, 0) is 9.59 Å². The summed E-state index contributed by atoms with van der Waals surface area (Å²) in [7, 11) is 0. The number of benzene rings is 4. The number of rotatable bonds is 5. The van der Waals surface area contributed by atoms with Crippen LogP contribution in [0.5, 0.6) is 0 Å². The number of nitrogens with one attached hydrogen (secondary N) is 2. The highest BCUT2D eigenvalue weighted by atomic mass is 32.1. The summed E-state index contributed by atoms with van der Waals surface area (Å²) in [6.07, 6.45) is -0.301. The van der Waals surface area contributed by atoms with Gasteiger partial charge in [-0.2, -0.15) is 4.98 Å². The van der Waals surface area contributed by atoms with E-state index in [0.29, 0.717) is 28.5 Å². The summed E-state index contributed by atoms with van der Waals surface area (Å²) in [5, 5.41) is 7.31. The molecule has 5 aromatic rings. The molecule has 9 heteroatoms. The standard InChI is InChI=1S/C29H18N4O3S.C6H15N/c34-25-17-26(35)33(21-10-6-9-20(15-21)28-31-29(37)36-32-28)24-16-19(14-13-18-7-2-1-3-8-18)22-11-4-5-12-23(22)27(24)30-25;1-4-7(5-2)6-3/h1-12,15-16H,17H2,(H,30,34)(H,31,32,37);4-6H2,1-3H3. The lowest BCUT2D eigenvalue weighted by molar-refractivity contribution is -0.124. The number of H-pyrrole nitrogens is 1. The van der Waals surface area contributed by atoms with Gasteiger partial charge in [-0.05, 0) is 67.6 Å². The molecule has 1 aliphatic heterocycles. The van der Waals surface area contributed by atoms with E-state index in [1.165, 1.54) is 19.6 Å². The minimum atomic E-state index is -0.376. The number of fused-ring (bicyclic) bond motifs is 3. The molecule has 0 aliphatic carbocycles. The second-order valence-electron chi connectivity index (χ2n) is 10.0. The Labute approximate surface area is 261 Å². The second kappa shape index (κ2) is 14.0. The van der Waals surface area contributed by atoms with Crippen molar-refractivity contribution in [2.45, 2.75) is 27.2 Å². The number of nitrogens with zero attached hydrogens (tertiary/aromatic N) is 3. The number of anilines is 3. The third kappa shape index (κ3) is 6.78. The van der Waals surface area contributed by atoms with Gasteiger partial charge in [0, 0.05) is 27.8 Å². The first-order valence-electron chi connectivity index (χ1n) is 14.6. The maximum absolute atomic E-state index is 13.4. The van der Waals surface area contributed by atoms with Crippen LogP contribution in [0.4, 0.5) is 17.1 Å². The third-order valence-corrected chi connectivity index (χ3v) is 7.54. The number of aromatic amines is 1. The van der Waals surface area contributed by atoms with E-state index in [2.05, 4.69) is 53.0 Å². The molecular weight excluding hydrogens is 570 g/mol. The van der Waals surface area contributed by atoms with E-state index >= 15 is 0 Å². The molecule has 0 spiro atoms. The van der Waals surface area contributed by atoms with Crippen LogP contribution in [0.15, 0.2) is 89.5 Å². The molecule has 0 saturated carbocycles. The Kier molecular flexibility index (Phi) is 9.65. The van der Waals surface area contributed by atoms with Crippen LogP contribution in [0.25, 0.3) is 22.2 Å². The lowest BCUT2D eigenvalue weighted by Gasteiger charge is -2.24. The molecule has 0 unspecified atom stereocenters. The first kappa shape index (κ1) is 30.4. The van der Waals surface area contributed by atoms with Crippen molar-refractivity contribution in [3.8, 4) is 23.2 Å². The van der Waals surface area contributed by atoms with Gasteiger partial charge in [0.2, 0.25) is 11.8 Å². The summed E-state index contributed by atoms with van der Waals surface area (Å²) in [5.74, 6) is 6.19. The second-order valence-corrected chi connectivity index (χ2v) is 10.4. The normalized spacial score (nSPS) is 12.5. The minimum absolute atomic E-state index is 0.0829. The lowest BCUT2D eigenvalue weighted by Crippen LogP contribution is -2.26. The summed E-state index contributed by atoms with van der Waals surface area (Å²) < 4.78 is 5.07. The highest BCUT2D eigenvalue weighted by molar-refractivity contribution is 7.71. The number of aromatic nitrogens is 2. The summed E-state index contributed by atoms with van der Waals surface area (Å²) in [6, 6.07) is 26.5. The Bertz CT molecular complexity index is 1910. The molecule has 222 valence electrons. The number of carbonyl (C=O) groups is 2. The zero-order chi connectivity index (χ0) is 31.1. The monoisotopic (exact) mass is 603 g/mol. The highest BCUT2D eigenvalue weighted by Gasteiger charge is 2.30. The topological polar surface area (TPSA) is 94.5 Å². The van der Waals surface area contributed by atoms with E-state index in [4.69, 9.17) is 16.7 Å². The van der Waals surface area contributed by atoms with Crippen molar-refractivity contribution >= 4 is 51.9 Å². The van der Waals surface area contributed by atoms with Gasteiger partial charge in [-0.25, -0.2) is 5.16 Å².